The minimum atomic E-state index is -1.29. The van der Waals surface area contributed by atoms with Gasteiger partial charge in [0, 0.05) is 29.8 Å². The van der Waals surface area contributed by atoms with Crippen LogP contribution in [-0.2, 0) is 20.3 Å². The first-order valence-corrected chi connectivity index (χ1v) is 9.42. The number of para-hydroxylation sites is 2. The molecule has 1 aromatic carbocycles. The fourth-order valence-electron chi connectivity index (χ4n) is 2.61. The van der Waals surface area contributed by atoms with E-state index in [1.807, 2.05) is 18.2 Å². The molecular formula is C17H22N2O4S. The van der Waals surface area contributed by atoms with E-state index in [2.05, 4.69) is 10.3 Å². The summed E-state index contributed by atoms with van der Waals surface area (Å²) in [6.45, 7) is 4.80. The molecule has 1 unspecified atom stereocenters. The van der Waals surface area contributed by atoms with Crippen LogP contribution in [0, 0.1) is 5.92 Å². The van der Waals surface area contributed by atoms with Gasteiger partial charge in [-0.05, 0) is 44.7 Å². The Hall–Kier alpha value is -1.73. The van der Waals surface area contributed by atoms with Crippen LogP contribution in [0.2, 0.25) is 0 Å². The number of ether oxygens (including phenoxy) is 1. The second kappa shape index (κ2) is 7.03. The third-order valence-electron chi connectivity index (χ3n) is 4.36. The summed E-state index contributed by atoms with van der Waals surface area (Å²) in [7, 11) is -1.29. The maximum Gasteiger partial charge on any atom is 0.302 e. The van der Waals surface area contributed by atoms with Crippen molar-refractivity contribution >= 4 is 33.8 Å². The lowest BCUT2D eigenvalue weighted by Crippen LogP contribution is -2.43. The molecule has 1 N–H and O–H groups in total. The van der Waals surface area contributed by atoms with Crippen LogP contribution in [-0.4, -0.2) is 38.8 Å². The van der Waals surface area contributed by atoms with Crippen molar-refractivity contribution in [3.63, 3.8) is 0 Å². The number of nitrogens with zero attached hydrogens (tertiary/aromatic N) is 1. The van der Waals surface area contributed by atoms with Crippen molar-refractivity contribution in [2.75, 3.05) is 24.3 Å². The van der Waals surface area contributed by atoms with Crippen LogP contribution in [0.25, 0.3) is 11.1 Å². The number of oxazole rings is 1. The lowest BCUT2D eigenvalue weighted by Gasteiger charge is -2.27. The van der Waals surface area contributed by atoms with Gasteiger partial charge in [-0.25, -0.2) is 0 Å². The van der Waals surface area contributed by atoms with Gasteiger partial charge in [-0.15, -0.1) is 0 Å². The molecule has 6 nitrogen and oxygen atoms in total. The molecule has 1 amide bonds. The Balaban J connectivity index is 1.66. The van der Waals surface area contributed by atoms with Crippen LogP contribution in [0.15, 0.2) is 28.7 Å². The molecule has 2 aromatic rings. The molecule has 3 rings (SSSR count). The maximum atomic E-state index is 12.7. The molecule has 1 aliphatic heterocycles. The summed E-state index contributed by atoms with van der Waals surface area (Å²) < 4.78 is 22.5. The van der Waals surface area contributed by atoms with E-state index in [1.54, 1.807) is 19.9 Å². The third kappa shape index (κ3) is 3.67. The summed E-state index contributed by atoms with van der Waals surface area (Å²) in [5.41, 5.74) is 1.28. The molecule has 0 spiro atoms. The van der Waals surface area contributed by atoms with Crippen LogP contribution in [0.3, 0.4) is 0 Å². The molecule has 1 saturated heterocycles. The van der Waals surface area contributed by atoms with Crippen LogP contribution in [0.4, 0.5) is 6.01 Å². The van der Waals surface area contributed by atoms with Crippen molar-refractivity contribution in [1.82, 2.24) is 4.98 Å². The molecule has 1 aliphatic rings. The largest absolute Gasteiger partial charge is 0.423 e. The number of hydrogen-bond donors (Lipinski definition) is 1. The quantitative estimate of drug-likeness (QED) is 0.897. The summed E-state index contributed by atoms with van der Waals surface area (Å²) in [6.07, 6.45) is 1.79. The molecule has 1 atom stereocenters. The Kier molecular flexibility index (Phi) is 5.01. The van der Waals surface area contributed by atoms with Crippen LogP contribution in [0.5, 0.6) is 0 Å². The first-order valence-electron chi connectivity index (χ1n) is 8.10. The van der Waals surface area contributed by atoms with Gasteiger partial charge >= 0.3 is 6.01 Å². The van der Waals surface area contributed by atoms with Crippen molar-refractivity contribution < 1.29 is 18.2 Å². The van der Waals surface area contributed by atoms with Gasteiger partial charge in [-0.1, -0.05) is 12.1 Å². The Labute approximate surface area is 143 Å². The Morgan fingerprint density at radius 1 is 1.33 bits per heavy atom. The van der Waals surface area contributed by atoms with Gasteiger partial charge in [-0.2, -0.15) is 4.98 Å². The number of hydrogen-bond acceptors (Lipinski definition) is 5. The maximum absolute atomic E-state index is 12.7. The van der Waals surface area contributed by atoms with Crippen LogP contribution < -0.4 is 5.32 Å². The number of aromatic nitrogens is 1. The summed E-state index contributed by atoms with van der Waals surface area (Å²) in [5.74, 6) is 0.507. The highest BCUT2D eigenvalue weighted by Gasteiger charge is 2.36. The highest BCUT2D eigenvalue weighted by Crippen LogP contribution is 2.24. The van der Waals surface area contributed by atoms with E-state index in [9.17, 15) is 9.00 Å². The molecular weight excluding hydrogens is 328 g/mol. The van der Waals surface area contributed by atoms with Crippen molar-refractivity contribution in [3.8, 4) is 0 Å². The lowest BCUT2D eigenvalue weighted by atomic mass is 10.0. The SMILES string of the molecule is CC(C)(C(=O)Nc1nc2ccccc2o1)S(=O)CC1CCOCC1. The Bertz CT molecular complexity index is 717. The Morgan fingerprint density at radius 2 is 2.04 bits per heavy atom. The predicted octanol–water partition coefficient (Wildman–Crippen LogP) is 2.72. The lowest BCUT2D eigenvalue weighted by molar-refractivity contribution is -0.117. The molecule has 0 bridgehead atoms. The van der Waals surface area contributed by atoms with Gasteiger partial charge in [0.2, 0.25) is 5.91 Å². The topological polar surface area (TPSA) is 81.4 Å². The van der Waals surface area contributed by atoms with Gasteiger partial charge in [0.25, 0.3) is 0 Å². The van der Waals surface area contributed by atoms with Crippen molar-refractivity contribution in [2.24, 2.45) is 5.92 Å². The van der Waals surface area contributed by atoms with Crippen LogP contribution in [0.1, 0.15) is 26.7 Å². The third-order valence-corrected chi connectivity index (χ3v) is 6.46. The van der Waals surface area contributed by atoms with E-state index >= 15 is 0 Å². The molecule has 7 heteroatoms. The average molecular weight is 350 g/mol. The van der Waals surface area contributed by atoms with Gasteiger partial charge in [-0.3, -0.25) is 14.3 Å². The number of anilines is 1. The van der Waals surface area contributed by atoms with E-state index in [0.29, 0.717) is 36.0 Å². The molecule has 24 heavy (non-hydrogen) atoms. The highest BCUT2D eigenvalue weighted by molar-refractivity contribution is 7.87. The highest BCUT2D eigenvalue weighted by atomic mass is 32.2. The van der Waals surface area contributed by atoms with Crippen molar-refractivity contribution in [1.29, 1.82) is 0 Å². The number of benzene rings is 1. The molecule has 1 fully saturated rings. The average Bonchev–Trinajstić information content (AvgIpc) is 2.97. The second-order valence-electron chi connectivity index (χ2n) is 6.52. The van der Waals surface area contributed by atoms with E-state index in [1.165, 1.54) is 0 Å². The van der Waals surface area contributed by atoms with Gasteiger partial charge in [0.05, 0.1) is 0 Å². The number of carbonyl (C=O) groups excluding carboxylic acids is 1. The smallest absolute Gasteiger partial charge is 0.302 e. The first-order chi connectivity index (χ1) is 11.5. The molecule has 1 aromatic heterocycles. The zero-order valence-corrected chi connectivity index (χ0v) is 14.7. The minimum absolute atomic E-state index is 0.136. The molecule has 2 heterocycles. The molecule has 130 valence electrons. The number of fused-ring (bicyclic) bond motifs is 1. The summed E-state index contributed by atoms with van der Waals surface area (Å²) in [6, 6.07) is 7.42. The predicted molar refractivity (Wildman–Crippen MR) is 93.3 cm³/mol. The normalized spacial score (nSPS) is 17.8. The standard InChI is InChI=1S/C17H22N2O4S/c1-17(2,24(21)11-12-7-9-22-10-8-12)15(20)19-16-18-13-5-3-4-6-14(13)23-16/h3-6,12H,7-11H2,1-2H3,(H,18,19,20). The van der Waals surface area contributed by atoms with Crippen molar-refractivity contribution in [2.45, 2.75) is 31.4 Å². The number of amides is 1. The zero-order chi connectivity index (χ0) is 17.2. The van der Waals surface area contributed by atoms with E-state index in [-0.39, 0.29) is 11.9 Å². The first kappa shape index (κ1) is 17.1. The monoisotopic (exact) mass is 350 g/mol. The number of rotatable bonds is 5. The summed E-state index contributed by atoms with van der Waals surface area (Å²) in [4.78, 5) is 16.8. The van der Waals surface area contributed by atoms with Gasteiger partial charge in [0.1, 0.15) is 10.3 Å². The van der Waals surface area contributed by atoms with E-state index in [4.69, 9.17) is 9.15 Å². The van der Waals surface area contributed by atoms with Gasteiger partial charge < -0.3 is 9.15 Å². The molecule has 0 radical (unpaired) electrons. The molecule has 0 saturated carbocycles. The van der Waals surface area contributed by atoms with Gasteiger partial charge in [0.15, 0.2) is 5.58 Å². The number of nitrogens with one attached hydrogen (secondary N) is 1. The fourth-order valence-corrected chi connectivity index (χ4v) is 4.05. The minimum Gasteiger partial charge on any atom is -0.423 e. The Morgan fingerprint density at radius 3 is 2.75 bits per heavy atom. The van der Waals surface area contributed by atoms with E-state index < -0.39 is 15.5 Å². The molecule has 0 aliphatic carbocycles. The summed E-state index contributed by atoms with van der Waals surface area (Å²) in [5, 5.41) is 2.66. The van der Waals surface area contributed by atoms with Crippen LogP contribution >= 0.6 is 0 Å². The fraction of sp³-hybridized carbons (Fsp3) is 0.529. The van der Waals surface area contributed by atoms with Crippen molar-refractivity contribution in [3.05, 3.63) is 24.3 Å². The summed E-state index contributed by atoms with van der Waals surface area (Å²) >= 11 is 0. The van der Waals surface area contributed by atoms with E-state index in [0.717, 1.165) is 12.8 Å². The second-order valence-corrected chi connectivity index (χ2v) is 8.56. The number of carbonyl (C=O) groups is 1. The zero-order valence-electron chi connectivity index (χ0n) is 13.9.